The predicted octanol–water partition coefficient (Wildman–Crippen LogP) is 4.61. The Hall–Kier alpha value is -0.640. The molecule has 1 fully saturated rings. The van der Waals surface area contributed by atoms with Gasteiger partial charge in [0.2, 0.25) is 0 Å². The first-order valence-electron chi connectivity index (χ1n) is 6.67. The van der Waals surface area contributed by atoms with Gasteiger partial charge in [-0.1, -0.05) is 43.2 Å². The van der Waals surface area contributed by atoms with Gasteiger partial charge in [0.25, 0.3) is 0 Å². The standard InChI is InChI=1S/C16H17IO/c17-14-10-16(11-18)9-5-4-8-13(16)15(14)12-6-2-1-3-7-12/h1-3,6-7,11,13H,4-5,8-10H2/t13-,16+/m0/s1. The van der Waals surface area contributed by atoms with Crippen LogP contribution in [0.3, 0.4) is 0 Å². The number of allylic oxidation sites excluding steroid dienone is 2. The molecule has 2 atom stereocenters. The third-order valence-corrected chi connectivity index (χ3v) is 5.49. The normalized spacial score (nSPS) is 31.3. The molecule has 3 rings (SSSR count). The van der Waals surface area contributed by atoms with Crippen LogP contribution in [0.15, 0.2) is 33.9 Å². The molecule has 1 nitrogen and oxygen atoms in total. The molecular weight excluding hydrogens is 335 g/mol. The fourth-order valence-electron chi connectivity index (χ4n) is 3.64. The molecule has 18 heavy (non-hydrogen) atoms. The van der Waals surface area contributed by atoms with Gasteiger partial charge in [-0.15, -0.1) is 0 Å². The third kappa shape index (κ3) is 1.85. The van der Waals surface area contributed by atoms with Crippen LogP contribution in [-0.2, 0) is 4.79 Å². The Morgan fingerprint density at radius 3 is 2.72 bits per heavy atom. The van der Waals surface area contributed by atoms with Crippen LogP contribution in [0.1, 0.15) is 37.7 Å². The van der Waals surface area contributed by atoms with Crippen LogP contribution < -0.4 is 0 Å². The zero-order valence-electron chi connectivity index (χ0n) is 10.4. The zero-order chi connectivity index (χ0) is 12.6. The van der Waals surface area contributed by atoms with Crippen molar-refractivity contribution in [3.05, 3.63) is 39.5 Å². The van der Waals surface area contributed by atoms with Crippen LogP contribution in [0.5, 0.6) is 0 Å². The molecule has 1 saturated carbocycles. The van der Waals surface area contributed by atoms with Gasteiger partial charge in [0.15, 0.2) is 0 Å². The minimum absolute atomic E-state index is 0.0834. The fraction of sp³-hybridized carbons (Fsp3) is 0.438. The van der Waals surface area contributed by atoms with Gasteiger partial charge in [0, 0.05) is 5.41 Å². The second-order valence-electron chi connectivity index (χ2n) is 5.51. The van der Waals surface area contributed by atoms with E-state index in [-0.39, 0.29) is 5.41 Å². The van der Waals surface area contributed by atoms with E-state index in [2.05, 4.69) is 52.9 Å². The van der Waals surface area contributed by atoms with Gasteiger partial charge in [0.1, 0.15) is 6.29 Å². The van der Waals surface area contributed by atoms with Gasteiger partial charge < -0.3 is 4.79 Å². The predicted molar refractivity (Wildman–Crippen MR) is 82.5 cm³/mol. The van der Waals surface area contributed by atoms with Gasteiger partial charge in [-0.25, -0.2) is 0 Å². The molecule has 2 aliphatic rings. The van der Waals surface area contributed by atoms with Gasteiger partial charge >= 0.3 is 0 Å². The van der Waals surface area contributed by atoms with Crippen LogP contribution in [0.4, 0.5) is 0 Å². The maximum Gasteiger partial charge on any atom is 0.127 e. The summed E-state index contributed by atoms with van der Waals surface area (Å²) in [7, 11) is 0. The molecule has 2 heteroatoms. The monoisotopic (exact) mass is 352 g/mol. The minimum atomic E-state index is -0.0834. The summed E-state index contributed by atoms with van der Waals surface area (Å²) in [6.45, 7) is 0. The van der Waals surface area contributed by atoms with E-state index in [0.717, 1.165) is 12.8 Å². The molecule has 0 saturated heterocycles. The smallest absolute Gasteiger partial charge is 0.127 e. The van der Waals surface area contributed by atoms with Crippen molar-refractivity contribution in [2.24, 2.45) is 11.3 Å². The Morgan fingerprint density at radius 1 is 1.22 bits per heavy atom. The summed E-state index contributed by atoms with van der Waals surface area (Å²) in [5.41, 5.74) is 2.68. The number of halogens is 1. The van der Waals surface area contributed by atoms with E-state index >= 15 is 0 Å². The first kappa shape index (κ1) is 12.4. The number of carbonyl (C=O) groups excluding carboxylic acids is 1. The summed E-state index contributed by atoms with van der Waals surface area (Å²) in [4.78, 5) is 11.7. The number of benzene rings is 1. The number of hydrogen-bond donors (Lipinski definition) is 0. The lowest BCUT2D eigenvalue weighted by Gasteiger charge is -2.36. The molecule has 0 unspecified atom stereocenters. The lowest BCUT2D eigenvalue weighted by atomic mass is 9.66. The third-order valence-electron chi connectivity index (χ3n) is 4.52. The average Bonchev–Trinajstić information content (AvgIpc) is 2.72. The molecular formula is C16H17IO. The number of rotatable bonds is 2. The first-order chi connectivity index (χ1) is 8.77. The summed E-state index contributed by atoms with van der Waals surface area (Å²) in [6.07, 6.45) is 6.94. The van der Waals surface area contributed by atoms with Crippen molar-refractivity contribution >= 4 is 34.5 Å². The van der Waals surface area contributed by atoms with Crippen LogP contribution in [0, 0.1) is 11.3 Å². The average molecular weight is 352 g/mol. The highest BCUT2D eigenvalue weighted by molar-refractivity contribution is 14.1. The van der Waals surface area contributed by atoms with Crippen molar-refractivity contribution in [1.29, 1.82) is 0 Å². The summed E-state index contributed by atoms with van der Waals surface area (Å²) >= 11 is 2.46. The molecule has 0 N–H and O–H groups in total. The van der Waals surface area contributed by atoms with Gasteiger partial charge in [-0.3, -0.25) is 0 Å². The molecule has 2 aliphatic carbocycles. The molecule has 0 heterocycles. The first-order valence-corrected chi connectivity index (χ1v) is 7.75. The molecule has 94 valence electrons. The van der Waals surface area contributed by atoms with Crippen molar-refractivity contribution in [1.82, 2.24) is 0 Å². The van der Waals surface area contributed by atoms with Crippen LogP contribution in [-0.4, -0.2) is 6.29 Å². The summed E-state index contributed by atoms with van der Waals surface area (Å²) in [5.74, 6) is 0.457. The van der Waals surface area contributed by atoms with Crippen LogP contribution in [0.25, 0.3) is 5.57 Å². The van der Waals surface area contributed by atoms with E-state index in [1.54, 1.807) is 0 Å². The Labute approximate surface area is 122 Å². The zero-order valence-corrected chi connectivity index (χ0v) is 12.5. The fourth-order valence-corrected chi connectivity index (χ4v) is 5.04. The Bertz CT molecular complexity index is 491. The number of fused-ring (bicyclic) bond motifs is 1. The second kappa shape index (κ2) is 4.80. The number of hydrogen-bond acceptors (Lipinski definition) is 1. The van der Waals surface area contributed by atoms with Crippen molar-refractivity contribution in [3.8, 4) is 0 Å². The molecule has 0 spiro atoms. The Kier molecular flexibility index (Phi) is 3.31. The van der Waals surface area contributed by atoms with E-state index in [1.807, 2.05) is 0 Å². The van der Waals surface area contributed by atoms with E-state index < -0.39 is 0 Å². The molecule has 0 bridgehead atoms. The highest BCUT2D eigenvalue weighted by Gasteiger charge is 2.48. The molecule has 0 radical (unpaired) electrons. The lowest BCUT2D eigenvalue weighted by Crippen LogP contribution is -2.32. The van der Waals surface area contributed by atoms with Gasteiger partial charge in [-0.2, -0.15) is 0 Å². The lowest BCUT2D eigenvalue weighted by molar-refractivity contribution is -0.118. The van der Waals surface area contributed by atoms with Crippen LogP contribution >= 0.6 is 22.6 Å². The van der Waals surface area contributed by atoms with E-state index in [1.165, 1.54) is 40.3 Å². The minimum Gasteiger partial charge on any atom is -0.303 e. The quantitative estimate of drug-likeness (QED) is 0.561. The van der Waals surface area contributed by atoms with E-state index in [0.29, 0.717) is 5.92 Å². The van der Waals surface area contributed by atoms with Crippen molar-refractivity contribution in [2.75, 3.05) is 0 Å². The molecule has 0 aliphatic heterocycles. The van der Waals surface area contributed by atoms with Crippen molar-refractivity contribution in [2.45, 2.75) is 32.1 Å². The molecule has 0 aromatic heterocycles. The van der Waals surface area contributed by atoms with Crippen molar-refractivity contribution < 1.29 is 4.79 Å². The number of aldehydes is 1. The van der Waals surface area contributed by atoms with Crippen LogP contribution in [0.2, 0.25) is 0 Å². The Balaban J connectivity index is 2.04. The van der Waals surface area contributed by atoms with E-state index in [4.69, 9.17) is 0 Å². The molecule has 0 amide bonds. The Morgan fingerprint density at radius 2 is 2.00 bits per heavy atom. The summed E-state index contributed by atoms with van der Waals surface area (Å²) < 4.78 is 1.40. The highest BCUT2D eigenvalue weighted by atomic mass is 127. The maximum atomic E-state index is 11.7. The summed E-state index contributed by atoms with van der Waals surface area (Å²) in [5, 5.41) is 0. The second-order valence-corrected chi connectivity index (χ2v) is 6.81. The maximum absolute atomic E-state index is 11.7. The van der Waals surface area contributed by atoms with Gasteiger partial charge in [0.05, 0.1) is 0 Å². The van der Waals surface area contributed by atoms with Crippen molar-refractivity contribution in [3.63, 3.8) is 0 Å². The van der Waals surface area contributed by atoms with Gasteiger partial charge in [-0.05, 0) is 62.5 Å². The van der Waals surface area contributed by atoms with E-state index in [9.17, 15) is 4.79 Å². The largest absolute Gasteiger partial charge is 0.303 e. The molecule has 1 aromatic rings. The SMILES string of the molecule is O=C[C@]12CCCC[C@H]1C(c1ccccc1)=C(I)C2. The number of carbonyl (C=O) groups is 1. The molecule has 1 aromatic carbocycles. The highest BCUT2D eigenvalue weighted by Crippen LogP contribution is 2.58. The topological polar surface area (TPSA) is 17.1 Å². The summed E-state index contributed by atoms with van der Waals surface area (Å²) in [6, 6.07) is 10.6.